The van der Waals surface area contributed by atoms with Crippen molar-refractivity contribution >= 4 is 11.3 Å². The predicted molar refractivity (Wildman–Crippen MR) is 76.9 cm³/mol. The number of rotatable bonds is 6. The van der Waals surface area contributed by atoms with Crippen LogP contribution in [0.15, 0.2) is 24.7 Å². The van der Waals surface area contributed by atoms with E-state index in [9.17, 15) is 0 Å². The quantitative estimate of drug-likeness (QED) is 0.866. The third kappa shape index (κ3) is 3.21. The lowest BCUT2D eigenvalue weighted by atomic mass is 10.3. The van der Waals surface area contributed by atoms with E-state index in [1.165, 1.54) is 15.4 Å². The van der Waals surface area contributed by atoms with Crippen molar-refractivity contribution < 1.29 is 0 Å². The first-order valence-corrected chi connectivity index (χ1v) is 7.31. The van der Waals surface area contributed by atoms with Gasteiger partial charge in [0.2, 0.25) is 0 Å². The summed E-state index contributed by atoms with van der Waals surface area (Å²) in [5.74, 6) is 0. The number of hydrogen-bond acceptors (Lipinski definition) is 3. The fourth-order valence-corrected chi connectivity index (χ4v) is 2.88. The highest BCUT2D eigenvalue weighted by atomic mass is 32.1. The van der Waals surface area contributed by atoms with Gasteiger partial charge in [-0.3, -0.25) is 0 Å². The van der Waals surface area contributed by atoms with Gasteiger partial charge < -0.3 is 9.88 Å². The molecule has 18 heavy (non-hydrogen) atoms. The number of aryl methyl sites for hydroxylation is 1. The maximum atomic E-state index is 4.21. The summed E-state index contributed by atoms with van der Waals surface area (Å²) < 4.78 is 2.21. The summed E-state index contributed by atoms with van der Waals surface area (Å²) in [6, 6.07) is 4.91. The minimum absolute atomic E-state index is 0.470. The fraction of sp³-hybridized carbons (Fsp3) is 0.500. The van der Waals surface area contributed by atoms with Crippen molar-refractivity contribution in [3.8, 4) is 0 Å². The van der Waals surface area contributed by atoms with Crippen molar-refractivity contribution in [1.29, 1.82) is 0 Å². The van der Waals surface area contributed by atoms with E-state index in [4.69, 9.17) is 0 Å². The normalized spacial score (nSPS) is 11.3. The second-order valence-corrected chi connectivity index (χ2v) is 5.96. The molecule has 0 radical (unpaired) electrons. The molecule has 0 atom stereocenters. The monoisotopic (exact) mass is 263 g/mol. The zero-order valence-corrected chi connectivity index (χ0v) is 12.1. The first kappa shape index (κ1) is 13.3. The van der Waals surface area contributed by atoms with Crippen molar-refractivity contribution in [3.05, 3.63) is 40.1 Å². The second-order valence-electron chi connectivity index (χ2n) is 4.71. The largest absolute Gasteiger partial charge is 0.331 e. The van der Waals surface area contributed by atoms with Crippen LogP contribution in [0.4, 0.5) is 0 Å². The summed E-state index contributed by atoms with van der Waals surface area (Å²) >= 11 is 1.90. The van der Waals surface area contributed by atoms with Crippen molar-refractivity contribution in [2.75, 3.05) is 0 Å². The lowest BCUT2D eigenvalue weighted by molar-refractivity contribution is 0.551. The summed E-state index contributed by atoms with van der Waals surface area (Å²) in [5, 5.41) is 3.49. The Labute approximate surface area is 113 Å². The average Bonchev–Trinajstić information content (AvgIpc) is 2.97. The first-order chi connectivity index (χ1) is 8.70. The Morgan fingerprint density at radius 1 is 1.28 bits per heavy atom. The lowest BCUT2D eigenvalue weighted by Gasteiger charge is -2.11. The van der Waals surface area contributed by atoms with Gasteiger partial charge in [0.1, 0.15) is 0 Å². The van der Waals surface area contributed by atoms with Crippen LogP contribution in [0.2, 0.25) is 0 Å². The average molecular weight is 263 g/mol. The standard InChI is InChI=1S/C14H21N3S/c1-4-13-5-6-14(18-13)9-15-7-12-8-16-10-17(12)11(2)3/h5-6,8,10-11,15H,4,7,9H2,1-3H3. The Balaban J connectivity index is 1.86. The van der Waals surface area contributed by atoms with Gasteiger partial charge in [-0.05, 0) is 32.4 Å². The molecule has 2 aromatic heterocycles. The van der Waals surface area contributed by atoms with Crippen molar-refractivity contribution in [2.45, 2.75) is 46.3 Å². The molecule has 0 unspecified atom stereocenters. The molecule has 4 heteroatoms. The molecule has 2 rings (SSSR count). The van der Waals surface area contributed by atoms with E-state index in [1.807, 2.05) is 23.9 Å². The number of aromatic nitrogens is 2. The van der Waals surface area contributed by atoms with E-state index in [0.717, 1.165) is 19.5 Å². The predicted octanol–water partition coefficient (Wildman–Crippen LogP) is 3.38. The maximum absolute atomic E-state index is 4.21. The van der Waals surface area contributed by atoms with Crippen LogP contribution in [0.25, 0.3) is 0 Å². The smallest absolute Gasteiger partial charge is 0.0951 e. The number of thiophene rings is 1. The molecule has 2 heterocycles. The number of nitrogens with zero attached hydrogens (tertiary/aromatic N) is 2. The summed E-state index contributed by atoms with van der Waals surface area (Å²) in [7, 11) is 0. The fourth-order valence-electron chi connectivity index (χ4n) is 1.96. The van der Waals surface area contributed by atoms with Crippen LogP contribution in [0.3, 0.4) is 0 Å². The van der Waals surface area contributed by atoms with Crippen molar-refractivity contribution in [2.24, 2.45) is 0 Å². The summed E-state index contributed by atoms with van der Waals surface area (Å²) in [5.41, 5.74) is 1.25. The first-order valence-electron chi connectivity index (χ1n) is 6.49. The molecule has 0 aromatic carbocycles. The molecule has 2 aromatic rings. The van der Waals surface area contributed by atoms with Crippen LogP contribution in [0, 0.1) is 0 Å². The zero-order valence-electron chi connectivity index (χ0n) is 11.3. The third-order valence-electron chi connectivity index (χ3n) is 2.97. The van der Waals surface area contributed by atoms with E-state index in [1.54, 1.807) is 0 Å². The molecule has 0 bridgehead atoms. The number of imidazole rings is 1. The number of nitrogens with one attached hydrogen (secondary N) is 1. The molecule has 3 nitrogen and oxygen atoms in total. The molecular weight excluding hydrogens is 242 g/mol. The van der Waals surface area contributed by atoms with Crippen LogP contribution >= 0.6 is 11.3 Å². The van der Waals surface area contributed by atoms with Gasteiger partial charge in [-0.25, -0.2) is 4.98 Å². The van der Waals surface area contributed by atoms with Crippen LogP contribution in [-0.2, 0) is 19.5 Å². The highest BCUT2D eigenvalue weighted by molar-refractivity contribution is 7.11. The van der Waals surface area contributed by atoms with Gasteiger partial charge in [0, 0.05) is 35.1 Å². The van der Waals surface area contributed by atoms with Gasteiger partial charge in [-0.15, -0.1) is 11.3 Å². The Hall–Kier alpha value is -1.13. The van der Waals surface area contributed by atoms with Gasteiger partial charge >= 0.3 is 0 Å². The Bertz CT molecular complexity index is 485. The van der Waals surface area contributed by atoms with Gasteiger partial charge in [0.15, 0.2) is 0 Å². The Morgan fingerprint density at radius 2 is 2.06 bits per heavy atom. The van der Waals surface area contributed by atoms with Gasteiger partial charge in [-0.1, -0.05) is 6.92 Å². The summed E-state index contributed by atoms with van der Waals surface area (Å²) in [6.07, 6.45) is 4.98. The van der Waals surface area contributed by atoms with E-state index in [0.29, 0.717) is 6.04 Å². The summed E-state index contributed by atoms with van der Waals surface area (Å²) in [6.45, 7) is 8.37. The Morgan fingerprint density at radius 3 is 2.72 bits per heavy atom. The molecule has 98 valence electrons. The minimum atomic E-state index is 0.470. The van der Waals surface area contributed by atoms with Crippen LogP contribution in [0.1, 0.15) is 42.3 Å². The van der Waals surface area contributed by atoms with Crippen LogP contribution < -0.4 is 5.32 Å². The molecule has 0 aliphatic rings. The lowest BCUT2D eigenvalue weighted by Crippen LogP contribution is -2.15. The highest BCUT2D eigenvalue weighted by Gasteiger charge is 2.05. The van der Waals surface area contributed by atoms with Gasteiger partial charge in [0.05, 0.1) is 12.0 Å². The van der Waals surface area contributed by atoms with Crippen LogP contribution in [0.5, 0.6) is 0 Å². The molecule has 0 fully saturated rings. The topological polar surface area (TPSA) is 29.9 Å². The van der Waals surface area contributed by atoms with E-state index < -0.39 is 0 Å². The minimum Gasteiger partial charge on any atom is -0.331 e. The zero-order chi connectivity index (χ0) is 13.0. The van der Waals surface area contributed by atoms with E-state index in [-0.39, 0.29) is 0 Å². The molecule has 0 aliphatic heterocycles. The molecule has 0 spiro atoms. The van der Waals surface area contributed by atoms with Crippen molar-refractivity contribution in [1.82, 2.24) is 14.9 Å². The molecule has 0 aliphatic carbocycles. The van der Waals surface area contributed by atoms with E-state index >= 15 is 0 Å². The van der Waals surface area contributed by atoms with Crippen LogP contribution in [-0.4, -0.2) is 9.55 Å². The molecule has 1 N–H and O–H groups in total. The Kier molecular flexibility index (Phi) is 4.55. The molecular formula is C14H21N3S. The highest BCUT2D eigenvalue weighted by Crippen LogP contribution is 2.16. The third-order valence-corrected chi connectivity index (χ3v) is 4.20. The molecule has 0 saturated heterocycles. The van der Waals surface area contributed by atoms with Gasteiger partial charge in [0.25, 0.3) is 0 Å². The SMILES string of the molecule is CCc1ccc(CNCc2cncn2C(C)C)s1. The second kappa shape index (κ2) is 6.16. The summed E-state index contributed by atoms with van der Waals surface area (Å²) in [4.78, 5) is 7.07. The molecule has 0 amide bonds. The van der Waals surface area contributed by atoms with Crippen molar-refractivity contribution in [3.63, 3.8) is 0 Å². The maximum Gasteiger partial charge on any atom is 0.0951 e. The van der Waals surface area contributed by atoms with Gasteiger partial charge in [-0.2, -0.15) is 0 Å². The van der Waals surface area contributed by atoms with E-state index in [2.05, 4.69) is 47.8 Å². The molecule has 0 saturated carbocycles. The number of hydrogen-bond donors (Lipinski definition) is 1.